The maximum Gasteiger partial charge on any atom is 0.0428 e. The highest BCUT2D eigenvalue weighted by atomic mass is 14.8. The second-order valence-corrected chi connectivity index (χ2v) is 3.44. The molecule has 0 aromatic rings. The summed E-state index contributed by atoms with van der Waals surface area (Å²) in [6, 6.07) is 0. The van der Waals surface area contributed by atoms with Crippen molar-refractivity contribution in [1.82, 2.24) is 5.32 Å². The molecule has 0 aliphatic heterocycles. The normalized spacial score (nSPS) is 31.6. The molecular formula is C16H35N. The average molecular weight is 258 g/mol. The summed E-state index contributed by atoms with van der Waals surface area (Å²) in [4.78, 5) is 0. The maximum atomic E-state index is 8.03. The van der Waals surface area contributed by atoms with E-state index < -0.39 is 64.1 Å². The van der Waals surface area contributed by atoms with Crippen LogP contribution in [0.3, 0.4) is 0 Å². The first-order valence-corrected chi connectivity index (χ1v) is 6.12. The van der Waals surface area contributed by atoms with Gasteiger partial charge in [-0.05, 0) is 25.7 Å². The topological polar surface area (TPSA) is 12.0 Å². The van der Waals surface area contributed by atoms with Crippen LogP contribution in [0.25, 0.3) is 0 Å². The average Bonchev–Trinajstić information content (AvgIpc) is 2.62. The largest absolute Gasteiger partial charge is 0.317 e. The molecule has 0 fully saturated rings. The van der Waals surface area contributed by atoms with Crippen LogP contribution in [0.5, 0.6) is 0 Å². The van der Waals surface area contributed by atoms with Gasteiger partial charge in [0, 0.05) is 21.9 Å². The van der Waals surface area contributed by atoms with Crippen LogP contribution in [0, 0.1) is 0 Å². The third-order valence-electron chi connectivity index (χ3n) is 1.86. The molecule has 1 nitrogen and oxygen atoms in total. The monoisotopic (exact) mass is 257 g/mol. The minimum Gasteiger partial charge on any atom is -0.317 e. The molecule has 0 aliphatic carbocycles. The van der Waals surface area contributed by atoms with Crippen molar-refractivity contribution in [1.29, 1.82) is 0 Å². The lowest BCUT2D eigenvalue weighted by molar-refractivity contribution is 0.543. The molecule has 0 unspecified atom stereocenters. The highest BCUT2D eigenvalue weighted by molar-refractivity contribution is 4.51. The summed E-state index contributed by atoms with van der Waals surface area (Å²) in [7, 11) is 0. The minimum absolute atomic E-state index is 0.176. The van der Waals surface area contributed by atoms with Crippen molar-refractivity contribution in [3.05, 3.63) is 0 Å². The fourth-order valence-electron chi connectivity index (χ4n) is 0.900. The molecule has 0 aromatic heterocycles. The first-order chi connectivity index (χ1) is 14.3. The van der Waals surface area contributed by atoms with E-state index in [0.29, 0.717) is 12.8 Å². The van der Waals surface area contributed by atoms with Crippen molar-refractivity contribution in [2.45, 2.75) is 90.6 Å². The molecule has 0 aromatic carbocycles. The molecule has 0 aliphatic rings. The molecule has 0 heterocycles. The second kappa shape index (κ2) is 16.0. The highest BCUT2D eigenvalue weighted by Gasteiger charge is 1.92. The van der Waals surface area contributed by atoms with Crippen molar-refractivity contribution in [3.63, 3.8) is 0 Å². The predicted molar refractivity (Wildman–Crippen MR) is 79.6 cm³/mol. The Morgan fingerprint density at radius 1 is 0.647 bits per heavy atom. The van der Waals surface area contributed by atoms with Crippen molar-refractivity contribution >= 4 is 0 Å². The first kappa shape index (κ1) is 4.23. The summed E-state index contributed by atoms with van der Waals surface area (Å²) in [5, 5.41) is 1.39. The second-order valence-electron chi connectivity index (χ2n) is 3.44. The lowest BCUT2D eigenvalue weighted by Crippen LogP contribution is -2.16. The fraction of sp³-hybridized carbons (Fsp3) is 1.00. The van der Waals surface area contributed by atoms with Gasteiger partial charge in [0.15, 0.2) is 0 Å². The molecule has 0 atom stereocenters. The van der Waals surface area contributed by atoms with E-state index in [9.17, 15) is 0 Å². The number of hydrogen-bond acceptors (Lipinski definition) is 1. The quantitative estimate of drug-likeness (QED) is 0.445. The Hall–Kier alpha value is -0.0400. The molecule has 1 N–H and O–H groups in total. The Bertz CT molecular complexity index is 588. The van der Waals surface area contributed by atoms with Gasteiger partial charge in [-0.2, -0.15) is 0 Å². The molecule has 0 rings (SSSR count). The fourth-order valence-corrected chi connectivity index (χ4v) is 0.900. The Kier molecular flexibility index (Phi) is 3.97. The third-order valence-corrected chi connectivity index (χ3v) is 1.86. The predicted octanol–water partition coefficient (Wildman–Crippen LogP) is 5.30. The van der Waals surface area contributed by atoms with Gasteiger partial charge in [-0.25, -0.2) is 0 Å². The van der Waals surface area contributed by atoms with Crippen LogP contribution in [-0.2, 0) is 0 Å². The molecule has 0 bridgehead atoms. The number of hydrogen-bond donors (Lipinski definition) is 1. The molecule has 104 valence electrons. The SMILES string of the molecule is [2H]C([2H])(CCCC)C([2H])([2H])C([2H])([2H])C([2H])([2H])NC([2H])([2H])C([2H])([2H])C([2H])([2H])C([2H])([2H])CCCC. The zero-order chi connectivity index (χ0) is 26.9. The Morgan fingerprint density at radius 3 is 1.53 bits per heavy atom. The lowest BCUT2D eigenvalue weighted by atomic mass is 10.1. The van der Waals surface area contributed by atoms with Crippen LogP contribution in [0.4, 0.5) is 0 Å². The Balaban J connectivity index is 6.24. The van der Waals surface area contributed by atoms with E-state index in [4.69, 9.17) is 21.9 Å². The van der Waals surface area contributed by atoms with Gasteiger partial charge in [0.25, 0.3) is 0 Å². The van der Waals surface area contributed by atoms with Gasteiger partial charge in [0.1, 0.15) is 0 Å². The van der Waals surface area contributed by atoms with Gasteiger partial charge in [0.2, 0.25) is 0 Å². The zero-order valence-electron chi connectivity index (χ0n) is 26.7. The maximum absolute atomic E-state index is 8.03. The molecule has 0 saturated heterocycles. The van der Waals surface area contributed by atoms with Crippen LogP contribution in [-0.4, -0.2) is 13.0 Å². The molecule has 0 saturated carbocycles. The van der Waals surface area contributed by atoms with Gasteiger partial charge in [0.05, 0.1) is 0 Å². The molecule has 1 heteroatoms. The van der Waals surface area contributed by atoms with Crippen molar-refractivity contribution < 1.29 is 21.9 Å². The van der Waals surface area contributed by atoms with E-state index in [0.717, 1.165) is 0 Å². The van der Waals surface area contributed by atoms with Crippen LogP contribution >= 0.6 is 0 Å². The summed E-state index contributed by atoms with van der Waals surface area (Å²) >= 11 is 0. The van der Waals surface area contributed by atoms with Crippen LogP contribution in [0.2, 0.25) is 0 Å². The van der Waals surface area contributed by atoms with Gasteiger partial charge in [-0.1, -0.05) is 77.9 Å². The zero-order valence-corrected chi connectivity index (χ0v) is 10.7. The van der Waals surface area contributed by atoms with Crippen LogP contribution in [0.1, 0.15) is 113 Å². The van der Waals surface area contributed by atoms with Gasteiger partial charge in [-0.3, -0.25) is 0 Å². The van der Waals surface area contributed by atoms with Crippen molar-refractivity contribution in [2.75, 3.05) is 13.0 Å². The van der Waals surface area contributed by atoms with E-state index in [1.165, 1.54) is 5.32 Å². The summed E-state index contributed by atoms with van der Waals surface area (Å²) in [5.74, 6) is 0. The van der Waals surface area contributed by atoms with E-state index in [-0.39, 0.29) is 12.8 Å². The molecular weight excluding hydrogens is 206 g/mol. The summed E-state index contributed by atoms with van der Waals surface area (Å²) in [5.41, 5.74) is 0. The molecule has 0 spiro atoms. The van der Waals surface area contributed by atoms with E-state index in [2.05, 4.69) is 0 Å². The van der Waals surface area contributed by atoms with Crippen LogP contribution < -0.4 is 5.32 Å². The molecule has 0 amide bonds. The Labute approximate surface area is 132 Å². The summed E-state index contributed by atoms with van der Waals surface area (Å²) in [6.45, 7) is -4.05. The van der Waals surface area contributed by atoms with Crippen molar-refractivity contribution in [3.8, 4) is 0 Å². The summed E-state index contributed by atoms with van der Waals surface area (Å²) < 4.78 is 128. The molecule has 17 heavy (non-hydrogen) atoms. The van der Waals surface area contributed by atoms with Crippen LogP contribution in [0.15, 0.2) is 0 Å². The standard InChI is InChI=1S/C16H35N/c1-3-5-7-9-11-13-15-17-16-14-12-10-8-6-4-2/h17H,3-16H2,1-2H3/i9D2,10D2,11D2,12D2,13D2,14D2,15D2,16D2. The lowest BCUT2D eigenvalue weighted by Gasteiger charge is -2.04. The highest BCUT2D eigenvalue weighted by Crippen LogP contribution is 2.05. The van der Waals surface area contributed by atoms with Crippen molar-refractivity contribution in [2.24, 2.45) is 0 Å². The van der Waals surface area contributed by atoms with Gasteiger partial charge < -0.3 is 5.32 Å². The minimum atomic E-state index is -3.74. The number of unbranched alkanes of at least 4 members (excludes halogenated alkanes) is 2. The van der Waals surface area contributed by atoms with Gasteiger partial charge >= 0.3 is 0 Å². The smallest absolute Gasteiger partial charge is 0.0428 e. The molecule has 0 radical (unpaired) electrons. The Morgan fingerprint density at radius 2 is 1.12 bits per heavy atom. The van der Waals surface area contributed by atoms with E-state index in [1.807, 2.05) is 0 Å². The van der Waals surface area contributed by atoms with E-state index in [1.54, 1.807) is 13.8 Å². The number of nitrogens with one attached hydrogen (secondary N) is 1. The number of rotatable bonds is 14. The van der Waals surface area contributed by atoms with E-state index >= 15 is 0 Å². The first-order valence-electron chi connectivity index (χ1n) is 14.1. The van der Waals surface area contributed by atoms with Gasteiger partial charge in [-0.15, -0.1) is 0 Å². The third kappa shape index (κ3) is 16.0. The summed E-state index contributed by atoms with van der Waals surface area (Å²) in [6.07, 6.45) is -19.8.